The van der Waals surface area contributed by atoms with Gasteiger partial charge in [0.05, 0.1) is 6.10 Å². The number of carbonyl (C=O) groups is 1. The van der Waals surface area contributed by atoms with Crippen LogP contribution in [0.4, 0.5) is 0 Å². The third kappa shape index (κ3) is 12.4. The zero-order chi connectivity index (χ0) is 10.1. The second-order valence-electron chi connectivity index (χ2n) is 3.05. The van der Waals surface area contributed by atoms with Crippen molar-refractivity contribution in [3.8, 4) is 0 Å². The Morgan fingerprint density at radius 1 is 1.43 bits per heavy atom. The topological polar surface area (TPSA) is 69.6 Å². The first-order valence-electron chi connectivity index (χ1n) is 4.53. The number of aliphatic hydroxyl groups is 1. The SMILES string of the molecule is COCC[C@H](O)CCCCC(=O)[O-].[Na+]. The van der Waals surface area contributed by atoms with Crippen LogP contribution in [0, 0.1) is 0 Å². The fourth-order valence-corrected chi connectivity index (χ4v) is 1.05. The molecule has 0 aliphatic carbocycles. The van der Waals surface area contributed by atoms with Gasteiger partial charge in [-0.3, -0.25) is 0 Å². The maximum atomic E-state index is 10.0. The van der Waals surface area contributed by atoms with Gasteiger partial charge in [-0.1, -0.05) is 6.42 Å². The summed E-state index contributed by atoms with van der Waals surface area (Å²) in [6.07, 6.45) is 2.25. The van der Waals surface area contributed by atoms with Gasteiger partial charge in [-0.25, -0.2) is 0 Å². The number of aliphatic carboxylic acids is 1. The van der Waals surface area contributed by atoms with E-state index < -0.39 is 5.97 Å². The molecule has 0 spiro atoms. The number of methoxy groups -OCH3 is 1. The van der Waals surface area contributed by atoms with Crippen LogP contribution in [0.15, 0.2) is 0 Å². The van der Waals surface area contributed by atoms with Crippen LogP contribution < -0.4 is 34.7 Å². The summed E-state index contributed by atoms with van der Waals surface area (Å²) in [6.45, 7) is 0.543. The Bertz CT molecular complexity index is 141. The molecule has 0 aliphatic rings. The van der Waals surface area contributed by atoms with E-state index >= 15 is 0 Å². The van der Waals surface area contributed by atoms with Gasteiger partial charge in [0.2, 0.25) is 0 Å². The number of ether oxygens (including phenoxy) is 1. The predicted molar refractivity (Wildman–Crippen MR) is 46.0 cm³/mol. The van der Waals surface area contributed by atoms with Crippen molar-refractivity contribution in [1.82, 2.24) is 0 Å². The molecular weight excluding hydrogens is 195 g/mol. The van der Waals surface area contributed by atoms with Crippen molar-refractivity contribution in [1.29, 1.82) is 0 Å². The molecule has 0 unspecified atom stereocenters. The van der Waals surface area contributed by atoms with E-state index in [1.807, 2.05) is 0 Å². The molecule has 0 radical (unpaired) electrons. The maximum absolute atomic E-state index is 10.0. The molecule has 0 aromatic carbocycles. The Balaban J connectivity index is 0. The zero-order valence-electron chi connectivity index (χ0n) is 8.99. The minimum absolute atomic E-state index is 0. The van der Waals surface area contributed by atoms with Gasteiger partial charge in [0.25, 0.3) is 0 Å². The Labute approximate surface area is 107 Å². The van der Waals surface area contributed by atoms with Crippen molar-refractivity contribution in [2.45, 2.75) is 38.2 Å². The summed E-state index contributed by atoms with van der Waals surface area (Å²) in [6, 6.07) is 0. The van der Waals surface area contributed by atoms with E-state index in [1.165, 1.54) is 0 Å². The van der Waals surface area contributed by atoms with Gasteiger partial charge in [0.15, 0.2) is 0 Å². The molecular formula is C9H17NaO4. The molecule has 0 aromatic heterocycles. The van der Waals surface area contributed by atoms with Gasteiger partial charge < -0.3 is 19.7 Å². The number of unbranched alkanes of at least 4 members (excludes halogenated alkanes) is 1. The van der Waals surface area contributed by atoms with Crippen molar-refractivity contribution in [2.75, 3.05) is 13.7 Å². The first-order valence-corrected chi connectivity index (χ1v) is 4.53. The summed E-state index contributed by atoms with van der Waals surface area (Å²) < 4.78 is 4.79. The predicted octanol–water partition coefficient (Wildman–Crippen LogP) is -3.30. The molecule has 1 atom stereocenters. The summed E-state index contributed by atoms with van der Waals surface area (Å²) in [5.41, 5.74) is 0. The number of carboxylic acids is 1. The van der Waals surface area contributed by atoms with Gasteiger partial charge >= 0.3 is 29.6 Å². The van der Waals surface area contributed by atoms with E-state index in [4.69, 9.17) is 4.74 Å². The number of aliphatic hydroxyl groups excluding tert-OH is 1. The van der Waals surface area contributed by atoms with Crippen LogP contribution in [0.3, 0.4) is 0 Å². The van der Waals surface area contributed by atoms with Gasteiger partial charge in [-0.15, -0.1) is 0 Å². The van der Waals surface area contributed by atoms with Gasteiger partial charge in [-0.2, -0.15) is 0 Å². The molecule has 0 heterocycles. The van der Waals surface area contributed by atoms with Gasteiger partial charge in [-0.05, 0) is 25.7 Å². The van der Waals surface area contributed by atoms with Crippen LogP contribution in [0.25, 0.3) is 0 Å². The van der Waals surface area contributed by atoms with Crippen LogP contribution >= 0.6 is 0 Å². The fraction of sp³-hybridized carbons (Fsp3) is 0.889. The maximum Gasteiger partial charge on any atom is 1.00 e. The number of carboxylic acid groups (broad SMARTS) is 1. The molecule has 78 valence electrons. The molecule has 14 heavy (non-hydrogen) atoms. The average molecular weight is 212 g/mol. The molecule has 0 aliphatic heterocycles. The molecule has 0 amide bonds. The molecule has 1 N–H and O–H groups in total. The molecule has 5 heteroatoms. The van der Waals surface area contributed by atoms with Crippen LogP contribution in [0.1, 0.15) is 32.1 Å². The zero-order valence-corrected chi connectivity index (χ0v) is 11.0. The van der Waals surface area contributed by atoms with Gasteiger partial charge in [0.1, 0.15) is 0 Å². The van der Waals surface area contributed by atoms with Gasteiger partial charge in [0, 0.05) is 19.7 Å². The molecule has 0 bridgehead atoms. The molecule has 0 aromatic rings. The van der Waals surface area contributed by atoms with E-state index in [-0.39, 0.29) is 42.1 Å². The van der Waals surface area contributed by atoms with Crippen molar-refractivity contribution in [3.63, 3.8) is 0 Å². The summed E-state index contributed by atoms with van der Waals surface area (Å²) >= 11 is 0. The normalized spacial score (nSPS) is 11.9. The summed E-state index contributed by atoms with van der Waals surface area (Å²) in [4.78, 5) is 10.0. The summed E-state index contributed by atoms with van der Waals surface area (Å²) in [7, 11) is 1.59. The average Bonchev–Trinajstić information content (AvgIpc) is 2.08. The molecule has 0 saturated heterocycles. The third-order valence-corrected chi connectivity index (χ3v) is 1.82. The Kier molecular flexibility index (Phi) is 13.8. The number of carbonyl (C=O) groups excluding carboxylic acids is 1. The Morgan fingerprint density at radius 3 is 2.57 bits per heavy atom. The van der Waals surface area contributed by atoms with Crippen LogP contribution in [-0.4, -0.2) is 30.9 Å². The molecule has 0 rings (SSSR count). The molecule has 0 saturated carbocycles. The standard InChI is InChI=1S/C9H18O4.Na/c1-13-7-6-8(10)4-2-3-5-9(11)12;/h8,10H,2-7H2,1H3,(H,11,12);/q;+1/p-1/t8-;/m1./s1. The second-order valence-corrected chi connectivity index (χ2v) is 3.05. The summed E-state index contributed by atoms with van der Waals surface area (Å²) in [5.74, 6) is -1.02. The Morgan fingerprint density at radius 2 is 2.07 bits per heavy atom. The van der Waals surface area contributed by atoms with Crippen molar-refractivity contribution in [3.05, 3.63) is 0 Å². The largest absolute Gasteiger partial charge is 1.00 e. The third-order valence-electron chi connectivity index (χ3n) is 1.82. The van der Waals surface area contributed by atoms with Crippen LogP contribution in [0.5, 0.6) is 0 Å². The summed E-state index contributed by atoms with van der Waals surface area (Å²) in [5, 5.41) is 19.3. The number of hydrogen-bond acceptors (Lipinski definition) is 4. The minimum Gasteiger partial charge on any atom is -0.550 e. The van der Waals surface area contributed by atoms with E-state index in [0.29, 0.717) is 25.9 Å². The van der Waals surface area contributed by atoms with Crippen molar-refractivity contribution < 1.29 is 49.3 Å². The fourth-order valence-electron chi connectivity index (χ4n) is 1.05. The van der Waals surface area contributed by atoms with E-state index in [2.05, 4.69) is 0 Å². The first kappa shape index (κ1) is 16.8. The minimum atomic E-state index is -1.02. The quantitative estimate of drug-likeness (QED) is 0.338. The second kappa shape index (κ2) is 11.5. The van der Waals surface area contributed by atoms with Crippen molar-refractivity contribution >= 4 is 5.97 Å². The Hall–Kier alpha value is 0.390. The molecule has 4 nitrogen and oxygen atoms in total. The van der Waals surface area contributed by atoms with Crippen LogP contribution in [-0.2, 0) is 9.53 Å². The number of hydrogen-bond donors (Lipinski definition) is 1. The van der Waals surface area contributed by atoms with E-state index in [1.54, 1.807) is 7.11 Å². The van der Waals surface area contributed by atoms with Crippen molar-refractivity contribution in [2.24, 2.45) is 0 Å². The van der Waals surface area contributed by atoms with Crippen LogP contribution in [0.2, 0.25) is 0 Å². The smallest absolute Gasteiger partial charge is 0.550 e. The van der Waals surface area contributed by atoms with E-state index in [0.717, 1.165) is 6.42 Å². The molecule has 0 fully saturated rings. The number of rotatable bonds is 8. The first-order chi connectivity index (χ1) is 6.16. The van der Waals surface area contributed by atoms with E-state index in [9.17, 15) is 15.0 Å². The monoisotopic (exact) mass is 212 g/mol.